The van der Waals surface area contributed by atoms with Crippen molar-refractivity contribution in [3.8, 4) is 28.0 Å². The zero-order valence-corrected chi connectivity index (χ0v) is 19.0. The highest BCUT2D eigenvalue weighted by Gasteiger charge is 2.25. The Balaban J connectivity index is 2.52. The number of phenols is 1. The zero-order chi connectivity index (χ0) is 24.0. The maximum atomic E-state index is 12.0. The molecule has 3 N–H and O–H groups in total. The molecular formula is C22H20O8S2. The molecule has 3 aromatic carbocycles. The lowest BCUT2D eigenvalue weighted by Crippen LogP contribution is -2.05. The van der Waals surface area contributed by atoms with Crippen LogP contribution in [0.3, 0.4) is 0 Å². The third-order valence-corrected chi connectivity index (χ3v) is 6.94. The van der Waals surface area contributed by atoms with Crippen LogP contribution >= 0.6 is 0 Å². The summed E-state index contributed by atoms with van der Waals surface area (Å²) < 4.78 is 67.3. The fourth-order valence-corrected chi connectivity index (χ4v) is 4.94. The van der Waals surface area contributed by atoms with Gasteiger partial charge in [-0.25, -0.2) is 0 Å². The van der Waals surface area contributed by atoms with Crippen LogP contribution in [-0.4, -0.2) is 37.3 Å². The van der Waals surface area contributed by atoms with Crippen LogP contribution < -0.4 is 0 Å². The van der Waals surface area contributed by atoms with E-state index in [1.165, 1.54) is 49.4 Å². The van der Waals surface area contributed by atoms with E-state index < -0.39 is 35.8 Å². The average Bonchev–Trinajstić information content (AvgIpc) is 2.67. The van der Waals surface area contributed by atoms with Crippen molar-refractivity contribution < 1.29 is 35.8 Å². The Hall–Kier alpha value is -3.05. The second kappa shape index (κ2) is 8.14. The number of hydrogen-bond acceptors (Lipinski definition) is 6. The molecule has 0 aromatic heterocycles. The van der Waals surface area contributed by atoms with Gasteiger partial charge in [0.1, 0.15) is 15.5 Å². The standard InChI is InChI=1S/C22H20O8S2/c1-12-4-6-20(31(25,26)27)17(8-12)15-10-16(19(11-23)22(24)14(15)3)18-9-13(2)5-7-21(18)32(28,29)30/h4-11,24H,1-3H3,(H,25,26,27)(H,28,29,30). The number of carbonyl (C=O) groups excluding carboxylic acids is 1. The van der Waals surface area contributed by atoms with E-state index in [1.807, 2.05) is 0 Å². The maximum absolute atomic E-state index is 12.0. The molecule has 0 heterocycles. The van der Waals surface area contributed by atoms with Gasteiger partial charge in [-0.3, -0.25) is 13.9 Å². The lowest BCUT2D eigenvalue weighted by Gasteiger charge is -2.18. The van der Waals surface area contributed by atoms with Crippen molar-refractivity contribution in [1.82, 2.24) is 0 Å². The predicted molar refractivity (Wildman–Crippen MR) is 118 cm³/mol. The molecule has 0 fully saturated rings. The summed E-state index contributed by atoms with van der Waals surface area (Å²) in [7, 11) is -9.34. The number of phenolic OH excluding ortho intramolecular Hbond substituents is 1. The van der Waals surface area contributed by atoms with Gasteiger partial charge in [-0.05, 0) is 55.7 Å². The first-order valence-electron chi connectivity index (χ1n) is 9.24. The molecule has 0 unspecified atom stereocenters. The van der Waals surface area contributed by atoms with Gasteiger partial charge < -0.3 is 5.11 Å². The molecule has 10 heteroatoms. The highest BCUT2D eigenvalue weighted by molar-refractivity contribution is 7.86. The van der Waals surface area contributed by atoms with Crippen LogP contribution in [-0.2, 0) is 20.2 Å². The zero-order valence-electron chi connectivity index (χ0n) is 17.3. The topological polar surface area (TPSA) is 146 Å². The van der Waals surface area contributed by atoms with Gasteiger partial charge in [0, 0.05) is 11.1 Å². The fraction of sp³-hybridized carbons (Fsp3) is 0.136. The van der Waals surface area contributed by atoms with Crippen molar-refractivity contribution in [3.63, 3.8) is 0 Å². The second-order valence-corrected chi connectivity index (χ2v) is 10.2. The van der Waals surface area contributed by atoms with Crippen LogP contribution in [0.4, 0.5) is 0 Å². The minimum atomic E-state index is -4.70. The third kappa shape index (κ3) is 4.30. The van der Waals surface area contributed by atoms with Crippen molar-refractivity contribution in [1.29, 1.82) is 0 Å². The molecule has 0 atom stereocenters. The molecule has 0 spiro atoms. The van der Waals surface area contributed by atoms with E-state index in [1.54, 1.807) is 13.8 Å². The number of aromatic hydroxyl groups is 1. The minimum absolute atomic E-state index is 0.0304. The van der Waals surface area contributed by atoms with E-state index in [-0.39, 0.29) is 33.4 Å². The molecule has 168 valence electrons. The van der Waals surface area contributed by atoms with Gasteiger partial charge >= 0.3 is 0 Å². The van der Waals surface area contributed by atoms with Crippen LogP contribution in [0.1, 0.15) is 27.0 Å². The van der Waals surface area contributed by atoms with Crippen molar-refractivity contribution >= 4 is 26.5 Å². The molecule has 0 aliphatic heterocycles. The van der Waals surface area contributed by atoms with Gasteiger partial charge in [0.05, 0.1) is 5.56 Å². The molecule has 0 aliphatic carbocycles. The first-order chi connectivity index (χ1) is 14.8. The normalized spacial score (nSPS) is 12.0. The number of benzene rings is 3. The molecule has 0 amide bonds. The van der Waals surface area contributed by atoms with E-state index in [0.717, 1.165) is 0 Å². The number of aryl methyl sites for hydroxylation is 2. The SMILES string of the molecule is Cc1ccc(S(=O)(=O)O)c(-c2cc(-c3cc(C)ccc3S(=O)(=O)O)c(C=O)c(O)c2C)c1. The Labute approximate surface area is 185 Å². The Morgan fingerprint density at radius 1 is 0.688 bits per heavy atom. The summed E-state index contributed by atoms with van der Waals surface area (Å²) in [5.74, 6) is -0.488. The lowest BCUT2D eigenvalue weighted by atomic mass is 9.89. The molecular weight excluding hydrogens is 456 g/mol. The molecule has 0 aliphatic rings. The summed E-state index contributed by atoms with van der Waals surface area (Å²) in [6.45, 7) is 4.82. The van der Waals surface area contributed by atoms with E-state index >= 15 is 0 Å². The number of hydrogen-bond donors (Lipinski definition) is 3. The van der Waals surface area contributed by atoms with Gasteiger partial charge in [0.2, 0.25) is 0 Å². The van der Waals surface area contributed by atoms with Crippen molar-refractivity contribution in [2.45, 2.75) is 30.6 Å². The van der Waals surface area contributed by atoms with Crippen molar-refractivity contribution in [3.05, 3.63) is 64.7 Å². The van der Waals surface area contributed by atoms with E-state index in [2.05, 4.69) is 0 Å². The summed E-state index contributed by atoms with van der Waals surface area (Å²) in [6.07, 6.45) is 0.345. The summed E-state index contributed by atoms with van der Waals surface area (Å²) >= 11 is 0. The van der Waals surface area contributed by atoms with Crippen LogP contribution in [0.15, 0.2) is 52.3 Å². The van der Waals surface area contributed by atoms with Crippen molar-refractivity contribution in [2.75, 3.05) is 0 Å². The number of rotatable bonds is 5. The minimum Gasteiger partial charge on any atom is -0.507 e. The molecule has 0 radical (unpaired) electrons. The van der Waals surface area contributed by atoms with E-state index in [4.69, 9.17) is 0 Å². The van der Waals surface area contributed by atoms with Gasteiger partial charge in [-0.15, -0.1) is 0 Å². The van der Waals surface area contributed by atoms with E-state index in [9.17, 15) is 35.8 Å². The highest BCUT2D eigenvalue weighted by Crippen LogP contribution is 2.42. The highest BCUT2D eigenvalue weighted by atomic mass is 32.2. The van der Waals surface area contributed by atoms with Gasteiger partial charge in [0.25, 0.3) is 20.2 Å². The Morgan fingerprint density at radius 3 is 1.53 bits per heavy atom. The molecule has 0 saturated heterocycles. The summed E-state index contributed by atoms with van der Waals surface area (Å²) in [4.78, 5) is 10.9. The molecule has 32 heavy (non-hydrogen) atoms. The number of aldehydes is 1. The predicted octanol–water partition coefficient (Wildman–Crippen LogP) is 3.96. The Morgan fingerprint density at radius 2 is 1.12 bits per heavy atom. The summed E-state index contributed by atoms with van der Waals surface area (Å²) in [5.41, 5.74) is 1.31. The van der Waals surface area contributed by atoms with Gasteiger partial charge in [0.15, 0.2) is 6.29 Å². The van der Waals surface area contributed by atoms with E-state index in [0.29, 0.717) is 17.4 Å². The number of carbonyl (C=O) groups is 1. The quantitative estimate of drug-likeness (QED) is 0.370. The summed E-state index contributed by atoms with van der Waals surface area (Å²) in [6, 6.07) is 9.57. The Bertz CT molecular complexity index is 1470. The largest absolute Gasteiger partial charge is 0.507 e. The second-order valence-electron chi connectivity index (χ2n) is 7.43. The fourth-order valence-electron chi connectivity index (χ4n) is 3.57. The van der Waals surface area contributed by atoms with Crippen LogP contribution in [0.2, 0.25) is 0 Å². The molecule has 3 rings (SSSR count). The van der Waals surface area contributed by atoms with Gasteiger partial charge in [-0.2, -0.15) is 16.8 Å². The van der Waals surface area contributed by atoms with Crippen LogP contribution in [0, 0.1) is 20.8 Å². The first kappa shape index (κ1) is 23.6. The average molecular weight is 477 g/mol. The van der Waals surface area contributed by atoms with Gasteiger partial charge in [-0.1, -0.05) is 35.4 Å². The van der Waals surface area contributed by atoms with Crippen LogP contribution in [0.25, 0.3) is 22.3 Å². The molecule has 0 bridgehead atoms. The Kier molecular flexibility index (Phi) is 6.00. The molecule has 8 nitrogen and oxygen atoms in total. The summed E-state index contributed by atoms with van der Waals surface area (Å²) in [5, 5.41) is 10.8. The lowest BCUT2D eigenvalue weighted by molar-refractivity contribution is 0.112. The third-order valence-electron chi connectivity index (χ3n) is 5.12. The first-order valence-corrected chi connectivity index (χ1v) is 12.1. The maximum Gasteiger partial charge on any atom is 0.295 e. The van der Waals surface area contributed by atoms with Crippen LogP contribution in [0.5, 0.6) is 5.75 Å². The molecule has 3 aromatic rings. The molecule has 0 saturated carbocycles. The smallest absolute Gasteiger partial charge is 0.295 e. The monoisotopic (exact) mass is 476 g/mol. The van der Waals surface area contributed by atoms with Crippen molar-refractivity contribution in [2.24, 2.45) is 0 Å².